The Morgan fingerprint density at radius 2 is 2.11 bits per heavy atom. The van der Waals surface area contributed by atoms with E-state index in [-0.39, 0.29) is 11.4 Å². The molecule has 1 N–H and O–H groups in total. The van der Waals surface area contributed by atoms with E-state index in [0.29, 0.717) is 13.0 Å². The summed E-state index contributed by atoms with van der Waals surface area (Å²) in [6.07, 6.45) is 4.97. The van der Waals surface area contributed by atoms with E-state index < -0.39 is 11.4 Å². The summed E-state index contributed by atoms with van der Waals surface area (Å²) >= 11 is 0. The van der Waals surface area contributed by atoms with Gasteiger partial charge in [-0.3, -0.25) is 0 Å². The molecule has 0 fully saturated rings. The third-order valence-electron chi connectivity index (χ3n) is 2.99. The van der Waals surface area contributed by atoms with E-state index in [2.05, 4.69) is 11.9 Å². The van der Waals surface area contributed by atoms with Gasteiger partial charge in [0.2, 0.25) is 0 Å². The molecule has 0 radical (unpaired) electrons. The van der Waals surface area contributed by atoms with Crippen LogP contribution in [0.4, 0.5) is 4.39 Å². The van der Waals surface area contributed by atoms with Crippen LogP contribution in [0.3, 0.4) is 0 Å². The maximum absolute atomic E-state index is 14.1. The number of unbranched alkanes of at least 4 members (excludes halogenated alkanes) is 2. The minimum absolute atomic E-state index is 0.0363. The van der Waals surface area contributed by atoms with Crippen LogP contribution in [-0.4, -0.2) is 16.7 Å². The van der Waals surface area contributed by atoms with Gasteiger partial charge in [0.15, 0.2) is 5.82 Å². The molecular formula is C14H22FNO2. The molecule has 0 saturated heterocycles. The van der Waals surface area contributed by atoms with E-state index in [1.165, 1.54) is 12.3 Å². The monoisotopic (exact) mass is 255 g/mol. The van der Waals surface area contributed by atoms with Crippen LogP contribution in [0, 0.1) is 5.82 Å². The summed E-state index contributed by atoms with van der Waals surface area (Å²) in [4.78, 5) is 3.83. The predicted octanol–water partition coefficient (Wildman–Crippen LogP) is 3.41. The average molecular weight is 255 g/mol. The first-order valence-corrected chi connectivity index (χ1v) is 6.53. The van der Waals surface area contributed by atoms with E-state index in [1.54, 1.807) is 13.8 Å². The Balaban J connectivity index is 2.89. The van der Waals surface area contributed by atoms with Crippen LogP contribution >= 0.6 is 0 Å². The molecule has 1 heterocycles. The van der Waals surface area contributed by atoms with Gasteiger partial charge in [0.05, 0.1) is 12.2 Å². The normalized spacial score (nSPS) is 14.3. The van der Waals surface area contributed by atoms with Gasteiger partial charge in [0.1, 0.15) is 0 Å². The molecule has 0 spiro atoms. The second kappa shape index (κ2) is 6.69. The van der Waals surface area contributed by atoms with Crippen molar-refractivity contribution in [2.75, 3.05) is 6.61 Å². The first-order chi connectivity index (χ1) is 8.53. The molecule has 0 aromatic carbocycles. The topological polar surface area (TPSA) is 42.4 Å². The van der Waals surface area contributed by atoms with Gasteiger partial charge in [-0.15, -0.1) is 0 Å². The number of halogens is 1. The highest BCUT2D eigenvalue weighted by atomic mass is 19.1. The molecule has 1 aromatic rings. The zero-order valence-electron chi connectivity index (χ0n) is 11.4. The Hall–Kier alpha value is -1.16. The van der Waals surface area contributed by atoms with Gasteiger partial charge in [-0.25, -0.2) is 9.37 Å². The molecular weight excluding hydrogens is 233 g/mol. The Labute approximate surface area is 108 Å². The molecule has 1 unspecified atom stereocenters. The molecule has 0 saturated carbocycles. The number of pyridine rings is 1. The van der Waals surface area contributed by atoms with Crippen LogP contribution in [0.15, 0.2) is 12.3 Å². The van der Waals surface area contributed by atoms with Crippen molar-refractivity contribution in [1.29, 1.82) is 0 Å². The lowest BCUT2D eigenvalue weighted by atomic mass is 9.90. The van der Waals surface area contributed by atoms with E-state index in [9.17, 15) is 9.50 Å². The lowest BCUT2D eigenvalue weighted by Gasteiger charge is -2.24. The molecule has 3 nitrogen and oxygen atoms in total. The van der Waals surface area contributed by atoms with Crippen molar-refractivity contribution in [3.63, 3.8) is 0 Å². The Morgan fingerprint density at radius 3 is 2.72 bits per heavy atom. The third-order valence-corrected chi connectivity index (χ3v) is 2.99. The van der Waals surface area contributed by atoms with E-state index in [0.717, 1.165) is 19.3 Å². The number of hydrogen-bond donors (Lipinski definition) is 1. The van der Waals surface area contributed by atoms with Crippen LogP contribution in [-0.2, 0) is 5.60 Å². The lowest BCUT2D eigenvalue weighted by Crippen LogP contribution is -2.23. The summed E-state index contributed by atoms with van der Waals surface area (Å²) in [7, 11) is 0. The van der Waals surface area contributed by atoms with Crippen molar-refractivity contribution in [3.05, 3.63) is 23.6 Å². The van der Waals surface area contributed by atoms with Crippen molar-refractivity contribution < 1.29 is 14.2 Å². The summed E-state index contributed by atoms with van der Waals surface area (Å²) in [5, 5.41) is 10.4. The molecule has 18 heavy (non-hydrogen) atoms. The summed E-state index contributed by atoms with van der Waals surface area (Å²) in [6, 6.07) is 1.52. The van der Waals surface area contributed by atoms with Crippen LogP contribution in [0.1, 0.15) is 52.0 Å². The zero-order valence-corrected chi connectivity index (χ0v) is 11.4. The molecule has 4 heteroatoms. The summed E-state index contributed by atoms with van der Waals surface area (Å²) in [5.41, 5.74) is -0.911. The number of hydrogen-bond acceptors (Lipinski definition) is 3. The zero-order chi connectivity index (χ0) is 13.6. The van der Waals surface area contributed by atoms with Gasteiger partial charge in [0, 0.05) is 11.8 Å². The highest BCUT2D eigenvalue weighted by Crippen LogP contribution is 2.31. The highest BCUT2D eigenvalue weighted by molar-refractivity contribution is 5.28. The van der Waals surface area contributed by atoms with Crippen LogP contribution in [0.5, 0.6) is 5.88 Å². The molecule has 0 aliphatic rings. The summed E-state index contributed by atoms with van der Waals surface area (Å²) < 4.78 is 19.2. The molecule has 1 atom stereocenters. The van der Waals surface area contributed by atoms with Crippen molar-refractivity contribution >= 4 is 0 Å². The highest BCUT2D eigenvalue weighted by Gasteiger charge is 2.28. The number of aliphatic hydroxyl groups is 1. The molecule has 102 valence electrons. The van der Waals surface area contributed by atoms with Gasteiger partial charge < -0.3 is 9.84 Å². The Bertz CT molecular complexity index is 380. The lowest BCUT2D eigenvalue weighted by molar-refractivity contribution is 0.0405. The fraction of sp³-hybridized carbons (Fsp3) is 0.643. The van der Waals surface area contributed by atoms with Crippen molar-refractivity contribution in [2.24, 2.45) is 0 Å². The largest absolute Gasteiger partial charge is 0.476 e. The standard InChI is InChI=1S/C14H22FNO2/c1-4-6-7-9-14(3,17)11-8-10-16-13(12(11)15)18-5-2/h8,10,17H,4-7,9H2,1-3H3. The van der Waals surface area contributed by atoms with Crippen LogP contribution in [0.2, 0.25) is 0 Å². The Morgan fingerprint density at radius 1 is 1.39 bits per heavy atom. The molecule has 1 rings (SSSR count). The Kier molecular flexibility index (Phi) is 5.54. The van der Waals surface area contributed by atoms with Crippen molar-refractivity contribution in [1.82, 2.24) is 4.98 Å². The van der Waals surface area contributed by atoms with E-state index >= 15 is 0 Å². The molecule has 0 amide bonds. The third kappa shape index (κ3) is 3.67. The number of aromatic nitrogens is 1. The SMILES string of the molecule is CCCCCC(C)(O)c1ccnc(OCC)c1F. The van der Waals surface area contributed by atoms with E-state index in [4.69, 9.17) is 4.74 Å². The van der Waals surface area contributed by atoms with Gasteiger partial charge in [-0.05, 0) is 26.3 Å². The predicted molar refractivity (Wildman–Crippen MR) is 69.1 cm³/mol. The quantitative estimate of drug-likeness (QED) is 0.759. The number of rotatable bonds is 7. The summed E-state index contributed by atoms with van der Waals surface area (Å²) in [6.45, 7) is 5.85. The van der Waals surface area contributed by atoms with E-state index in [1.807, 2.05) is 0 Å². The second-order valence-electron chi connectivity index (χ2n) is 4.64. The van der Waals surface area contributed by atoms with Gasteiger partial charge in [-0.2, -0.15) is 0 Å². The average Bonchev–Trinajstić information content (AvgIpc) is 2.32. The van der Waals surface area contributed by atoms with Crippen molar-refractivity contribution in [2.45, 2.75) is 52.1 Å². The minimum atomic E-state index is -1.17. The first kappa shape index (κ1) is 14.9. The molecule has 0 aliphatic heterocycles. The molecule has 0 aliphatic carbocycles. The molecule has 1 aromatic heterocycles. The number of nitrogens with zero attached hydrogens (tertiary/aromatic N) is 1. The van der Waals surface area contributed by atoms with Gasteiger partial charge in [-0.1, -0.05) is 26.2 Å². The smallest absolute Gasteiger partial charge is 0.250 e. The minimum Gasteiger partial charge on any atom is -0.476 e. The van der Waals surface area contributed by atoms with Gasteiger partial charge in [0.25, 0.3) is 5.88 Å². The van der Waals surface area contributed by atoms with Gasteiger partial charge >= 0.3 is 0 Å². The first-order valence-electron chi connectivity index (χ1n) is 6.53. The summed E-state index contributed by atoms with van der Waals surface area (Å²) in [5.74, 6) is -0.591. The van der Waals surface area contributed by atoms with Crippen LogP contribution < -0.4 is 4.74 Å². The van der Waals surface area contributed by atoms with Crippen molar-refractivity contribution in [3.8, 4) is 5.88 Å². The maximum atomic E-state index is 14.1. The number of ether oxygens (including phenoxy) is 1. The fourth-order valence-corrected chi connectivity index (χ4v) is 1.93. The maximum Gasteiger partial charge on any atom is 0.250 e. The fourth-order valence-electron chi connectivity index (χ4n) is 1.93. The van der Waals surface area contributed by atoms with Crippen LogP contribution in [0.25, 0.3) is 0 Å². The molecule has 0 bridgehead atoms. The second-order valence-corrected chi connectivity index (χ2v) is 4.64.